The quantitative estimate of drug-likeness (QED) is 0.792. The molecule has 0 radical (unpaired) electrons. The number of fused-ring (bicyclic) bond motifs is 3. The van der Waals surface area contributed by atoms with Gasteiger partial charge in [0.25, 0.3) is 0 Å². The molecule has 2 heterocycles. The van der Waals surface area contributed by atoms with Crippen molar-refractivity contribution < 1.29 is 8.42 Å². The van der Waals surface area contributed by atoms with Gasteiger partial charge >= 0.3 is 0 Å². The summed E-state index contributed by atoms with van der Waals surface area (Å²) in [6.45, 7) is 1.52. The van der Waals surface area contributed by atoms with Crippen molar-refractivity contribution in [2.45, 2.75) is 45.2 Å². The van der Waals surface area contributed by atoms with Crippen LogP contribution >= 0.6 is 0 Å². The number of hydrogen-bond donors (Lipinski definition) is 0. The van der Waals surface area contributed by atoms with Crippen LogP contribution in [0.4, 0.5) is 0 Å². The highest BCUT2D eigenvalue weighted by molar-refractivity contribution is 7.89. The Balaban J connectivity index is 1.28. The molecule has 7 heteroatoms. The van der Waals surface area contributed by atoms with Gasteiger partial charge < -0.3 is 4.57 Å². The Kier molecular flexibility index (Phi) is 4.31. The minimum Gasteiger partial charge on any atom is -0.312 e. The topological polar surface area (TPSA) is 68.1 Å². The van der Waals surface area contributed by atoms with Crippen LogP contribution < -0.4 is 0 Å². The zero-order chi connectivity index (χ0) is 18.4. The van der Waals surface area contributed by atoms with Gasteiger partial charge in [-0.25, -0.2) is 8.42 Å². The lowest BCUT2D eigenvalue weighted by Crippen LogP contribution is -2.41. The van der Waals surface area contributed by atoms with Crippen molar-refractivity contribution in [2.75, 3.05) is 12.3 Å². The molecule has 2 saturated carbocycles. The summed E-state index contributed by atoms with van der Waals surface area (Å²) in [5.74, 6) is 3.78. The normalized spacial score (nSPS) is 27.8. The van der Waals surface area contributed by atoms with Crippen LogP contribution in [0.15, 0.2) is 30.3 Å². The second-order valence-electron chi connectivity index (χ2n) is 8.39. The molecule has 3 aliphatic rings. The first-order chi connectivity index (χ1) is 13.1. The van der Waals surface area contributed by atoms with Gasteiger partial charge in [0, 0.05) is 19.5 Å². The summed E-state index contributed by atoms with van der Waals surface area (Å²) < 4.78 is 29.7. The molecule has 27 heavy (non-hydrogen) atoms. The summed E-state index contributed by atoms with van der Waals surface area (Å²) in [5, 5.41) is 8.63. The van der Waals surface area contributed by atoms with Gasteiger partial charge in [-0.05, 0) is 42.6 Å². The monoisotopic (exact) mass is 386 g/mol. The van der Waals surface area contributed by atoms with Crippen molar-refractivity contribution in [1.82, 2.24) is 19.1 Å². The summed E-state index contributed by atoms with van der Waals surface area (Å²) >= 11 is 0. The molecule has 0 N–H and O–H groups in total. The zero-order valence-corrected chi connectivity index (χ0v) is 16.3. The van der Waals surface area contributed by atoms with Crippen LogP contribution in [0.5, 0.6) is 0 Å². The van der Waals surface area contributed by atoms with E-state index in [1.807, 2.05) is 18.2 Å². The SMILES string of the molecule is O=S(=O)(CC1CC2CCC1C2)N1CCn2c(Cc3ccccc3)nnc2C1. The third-order valence-electron chi connectivity index (χ3n) is 6.70. The van der Waals surface area contributed by atoms with Crippen molar-refractivity contribution in [1.29, 1.82) is 0 Å². The van der Waals surface area contributed by atoms with E-state index in [0.717, 1.165) is 30.4 Å². The van der Waals surface area contributed by atoms with Gasteiger partial charge in [-0.15, -0.1) is 10.2 Å². The van der Waals surface area contributed by atoms with Gasteiger partial charge in [-0.2, -0.15) is 4.31 Å². The molecular weight excluding hydrogens is 360 g/mol. The summed E-state index contributed by atoms with van der Waals surface area (Å²) in [4.78, 5) is 0. The van der Waals surface area contributed by atoms with Gasteiger partial charge in [-0.3, -0.25) is 0 Å². The van der Waals surface area contributed by atoms with E-state index in [1.165, 1.54) is 24.8 Å². The summed E-state index contributed by atoms with van der Waals surface area (Å²) in [5.41, 5.74) is 1.19. The van der Waals surface area contributed by atoms with Gasteiger partial charge in [0.2, 0.25) is 10.0 Å². The highest BCUT2D eigenvalue weighted by atomic mass is 32.2. The molecule has 2 fully saturated rings. The van der Waals surface area contributed by atoms with E-state index in [9.17, 15) is 8.42 Å². The van der Waals surface area contributed by atoms with Crippen LogP contribution in [-0.4, -0.2) is 39.8 Å². The third-order valence-corrected chi connectivity index (χ3v) is 8.65. The van der Waals surface area contributed by atoms with E-state index in [-0.39, 0.29) is 0 Å². The molecule has 1 aromatic heterocycles. The Labute approximate surface area is 160 Å². The Hall–Kier alpha value is -1.73. The number of hydrogen-bond acceptors (Lipinski definition) is 4. The summed E-state index contributed by atoms with van der Waals surface area (Å²) in [6.07, 6.45) is 5.61. The molecule has 0 amide bonds. The molecule has 1 aliphatic heterocycles. The van der Waals surface area contributed by atoms with E-state index < -0.39 is 10.0 Å². The number of aromatic nitrogens is 3. The van der Waals surface area contributed by atoms with E-state index in [1.54, 1.807) is 4.31 Å². The average molecular weight is 387 g/mol. The van der Waals surface area contributed by atoms with Crippen molar-refractivity contribution in [3.05, 3.63) is 47.5 Å². The maximum atomic E-state index is 13.0. The second kappa shape index (κ2) is 6.71. The zero-order valence-electron chi connectivity index (χ0n) is 15.5. The molecule has 2 bridgehead atoms. The number of nitrogens with zero attached hydrogens (tertiary/aromatic N) is 4. The molecule has 1 aromatic carbocycles. The molecule has 3 atom stereocenters. The molecule has 144 valence electrons. The van der Waals surface area contributed by atoms with E-state index in [0.29, 0.717) is 37.2 Å². The third kappa shape index (κ3) is 3.31. The van der Waals surface area contributed by atoms with Gasteiger partial charge in [0.15, 0.2) is 0 Å². The van der Waals surface area contributed by atoms with Gasteiger partial charge in [0.1, 0.15) is 11.6 Å². The lowest BCUT2D eigenvalue weighted by atomic mass is 9.90. The Morgan fingerprint density at radius 3 is 2.63 bits per heavy atom. The van der Waals surface area contributed by atoms with Crippen molar-refractivity contribution in [3.63, 3.8) is 0 Å². The first-order valence-corrected chi connectivity index (χ1v) is 11.6. The van der Waals surface area contributed by atoms with Crippen LogP contribution in [0.2, 0.25) is 0 Å². The number of sulfonamides is 1. The molecule has 3 unspecified atom stereocenters. The fraction of sp³-hybridized carbons (Fsp3) is 0.600. The number of benzene rings is 1. The van der Waals surface area contributed by atoms with E-state index >= 15 is 0 Å². The van der Waals surface area contributed by atoms with Crippen LogP contribution in [0.3, 0.4) is 0 Å². The fourth-order valence-corrected chi connectivity index (χ4v) is 7.13. The highest BCUT2D eigenvalue weighted by Gasteiger charge is 2.42. The predicted molar refractivity (Wildman–Crippen MR) is 102 cm³/mol. The van der Waals surface area contributed by atoms with Crippen molar-refractivity contribution >= 4 is 10.0 Å². The molecule has 2 aromatic rings. The first kappa shape index (κ1) is 17.4. The van der Waals surface area contributed by atoms with Crippen LogP contribution in [0.1, 0.15) is 42.9 Å². The molecule has 0 spiro atoms. The van der Waals surface area contributed by atoms with Gasteiger partial charge in [0.05, 0.1) is 12.3 Å². The minimum atomic E-state index is -3.23. The molecule has 0 saturated heterocycles. The molecular formula is C20H26N4O2S. The first-order valence-electron chi connectivity index (χ1n) is 10.0. The fourth-order valence-electron chi connectivity index (χ4n) is 5.30. The molecule has 2 aliphatic carbocycles. The van der Waals surface area contributed by atoms with Crippen LogP contribution in [0, 0.1) is 17.8 Å². The van der Waals surface area contributed by atoms with Crippen molar-refractivity contribution in [2.24, 2.45) is 17.8 Å². The largest absolute Gasteiger partial charge is 0.312 e. The standard InChI is InChI=1S/C20H26N4O2S/c25-27(26,14-18-11-16-6-7-17(18)10-16)23-8-9-24-19(21-22-20(24)13-23)12-15-4-2-1-3-5-15/h1-5,16-18H,6-14H2. The van der Waals surface area contributed by atoms with Crippen molar-refractivity contribution in [3.8, 4) is 0 Å². The minimum absolute atomic E-state index is 0.319. The van der Waals surface area contributed by atoms with Crippen LogP contribution in [-0.2, 0) is 29.5 Å². The molecule has 5 rings (SSSR count). The predicted octanol–water partition coefficient (Wildman–Crippen LogP) is 2.45. The van der Waals surface area contributed by atoms with E-state index in [4.69, 9.17) is 0 Å². The Morgan fingerprint density at radius 2 is 1.89 bits per heavy atom. The smallest absolute Gasteiger partial charge is 0.214 e. The highest BCUT2D eigenvalue weighted by Crippen LogP contribution is 2.48. The maximum absolute atomic E-state index is 13.0. The van der Waals surface area contributed by atoms with E-state index in [2.05, 4.69) is 26.9 Å². The molecule has 6 nitrogen and oxygen atoms in total. The lowest BCUT2D eigenvalue weighted by molar-refractivity contribution is 0.316. The maximum Gasteiger partial charge on any atom is 0.214 e. The summed E-state index contributed by atoms with van der Waals surface area (Å²) in [7, 11) is -3.23. The number of rotatable bonds is 5. The van der Waals surface area contributed by atoms with Gasteiger partial charge in [-0.1, -0.05) is 36.8 Å². The lowest BCUT2D eigenvalue weighted by Gasteiger charge is -2.30. The summed E-state index contributed by atoms with van der Waals surface area (Å²) in [6, 6.07) is 10.2. The average Bonchev–Trinajstić information content (AvgIpc) is 3.38. The second-order valence-corrected chi connectivity index (χ2v) is 10.4. The van der Waals surface area contributed by atoms with Crippen LogP contribution in [0.25, 0.3) is 0 Å². The Bertz CT molecular complexity index is 925. The Morgan fingerprint density at radius 1 is 1.04 bits per heavy atom.